The van der Waals surface area contributed by atoms with Gasteiger partial charge in [-0.15, -0.1) is 0 Å². The summed E-state index contributed by atoms with van der Waals surface area (Å²) in [6.07, 6.45) is 15.0. The van der Waals surface area contributed by atoms with Crippen molar-refractivity contribution in [3.05, 3.63) is 35.6 Å². The monoisotopic (exact) mass is 456 g/mol. The lowest BCUT2D eigenvalue weighted by molar-refractivity contribution is -0.144. The van der Waals surface area contributed by atoms with Crippen molar-refractivity contribution in [2.45, 2.75) is 95.1 Å². The maximum absolute atomic E-state index is 13.5. The van der Waals surface area contributed by atoms with Crippen molar-refractivity contribution >= 4 is 5.97 Å². The molecule has 4 nitrogen and oxygen atoms in total. The Kier molecular flexibility index (Phi) is 6.81. The minimum Gasteiger partial charge on any atom is -0.481 e. The molecular weight excluding hydrogens is 415 g/mol. The molecule has 0 bridgehead atoms. The molecule has 1 aliphatic heterocycles. The first-order valence-corrected chi connectivity index (χ1v) is 13.4. The van der Waals surface area contributed by atoms with Gasteiger partial charge in [0.05, 0.1) is 6.42 Å². The molecule has 1 unspecified atom stereocenters. The van der Waals surface area contributed by atoms with Gasteiger partial charge >= 0.3 is 5.97 Å². The quantitative estimate of drug-likeness (QED) is 0.522. The molecule has 4 aliphatic rings. The summed E-state index contributed by atoms with van der Waals surface area (Å²) < 4.78 is 13.5. The van der Waals surface area contributed by atoms with Crippen molar-refractivity contribution in [1.29, 1.82) is 0 Å². The summed E-state index contributed by atoms with van der Waals surface area (Å²) >= 11 is 0. The average molecular weight is 457 g/mol. The zero-order valence-electron chi connectivity index (χ0n) is 20.0. The number of carbonyl (C=O) groups is 1. The number of carboxylic acids is 1. The smallest absolute Gasteiger partial charge is 0.305 e. The fraction of sp³-hybridized carbons (Fsp3) is 0.750. The third-order valence-electron chi connectivity index (χ3n) is 9.59. The van der Waals surface area contributed by atoms with Gasteiger partial charge in [-0.25, -0.2) is 4.39 Å². The molecule has 0 spiro atoms. The molecule has 182 valence electrons. The van der Waals surface area contributed by atoms with Gasteiger partial charge in [-0.05, 0) is 93.0 Å². The zero-order chi connectivity index (χ0) is 22.9. The van der Waals surface area contributed by atoms with E-state index in [9.17, 15) is 14.3 Å². The van der Waals surface area contributed by atoms with Crippen LogP contribution in [0.15, 0.2) is 24.3 Å². The molecule has 1 aromatic rings. The van der Waals surface area contributed by atoms with Gasteiger partial charge in [-0.2, -0.15) is 0 Å². The molecule has 1 aromatic carbocycles. The minimum atomic E-state index is -0.665. The molecule has 0 aromatic heterocycles. The second-order valence-electron chi connectivity index (χ2n) is 11.7. The number of rotatable bonds is 9. The normalized spacial score (nSPS) is 29.4. The summed E-state index contributed by atoms with van der Waals surface area (Å²) in [7, 11) is 0. The second-order valence-corrected chi connectivity index (χ2v) is 11.7. The molecule has 5 heteroatoms. The summed E-state index contributed by atoms with van der Waals surface area (Å²) in [6.45, 7) is 2.98. The lowest BCUT2D eigenvalue weighted by atomic mass is 9.68. The van der Waals surface area contributed by atoms with Crippen molar-refractivity contribution in [3.8, 4) is 0 Å². The van der Waals surface area contributed by atoms with Gasteiger partial charge in [0.25, 0.3) is 0 Å². The highest BCUT2D eigenvalue weighted by molar-refractivity contribution is 5.68. The molecule has 1 heterocycles. The van der Waals surface area contributed by atoms with Crippen LogP contribution in [0.2, 0.25) is 0 Å². The maximum atomic E-state index is 13.5. The molecule has 33 heavy (non-hydrogen) atoms. The number of hydrogen-bond acceptors (Lipinski definition) is 3. The number of carboxylic acid groups (broad SMARTS) is 1. The first-order valence-electron chi connectivity index (χ1n) is 13.4. The zero-order valence-corrected chi connectivity index (χ0v) is 20.0. The van der Waals surface area contributed by atoms with Crippen LogP contribution in [0.4, 0.5) is 4.39 Å². The van der Waals surface area contributed by atoms with E-state index in [2.05, 4.69) is 10.2 Å². The Balaban J connectivity index is 1.23. The summed E-state index contributed by atoms with van der Waals surface area (Å²) in [5.41, 5.74) is 1.28. The molecule has 5 rings (SSSR count). The largest absolute Gasteiger partial charge is 0.481 e. The highest BCUT2D eigenvalue weighted by Gasteiger charge is 2.48. The van der Waals surface area contributed by atoms with Crippen molar-refractivity contribution in [1.82, 2.24) is 10.2 Å². The number of nitrogens with zero attached hydrogens (tertiary/aromatic N) is 1. The molecule has 1 saturated heterocycles. The van der Waals surface area contributed by atoms with E-state index in [0.29, 0.717) is 6.04 Å². The van der Waals surface area contributed by atoms with Gasteiger partial charge in [-0.1, -0.05) is 44.2 Å². The molecule has 2 N–H and O–H groups in total. The predicted octanol–water partition coefficient (Wildman–Crippen LogP) is 5.41. The standard InChI is InChI=1S/C28H41FN2O2/c29-23-9-7-21(8-10-23)18-27(20-30-25-17-24(25)22-5-2-1-3-6-22)13-15-31(16-14-27)28(11-4-12-28)19-26(32)33/h7-10,22,24-25,30H,1-6,11-20H2,(H,32,33)/t24?,25-/m1/s1. The Morgan fingerprint density at radius 1 is 1.03 bits per heavy atom. The number of aliphatic carboxylic acids is 1. The van der Waals surface area contributed by atoms with Gasteiger partial charge in [0.15, 0.2) is 0 Å². The van der Waals surface area contributed by atoms with Crippen LogP contribution in [0.25, 0.3) is 0 Å². The first-order chi connectivity index (χ1) is 16.0. The third kappa shape index (κ3) is 5.30. The molecular formula is C28H41FN2O2. The lowest BCUT2D eigenvalue weighted by Crippen LogP contribution is -2.59. The van der Waals surface area contributed by atoms with Crippen molar-refractivity contribution < 1.29 is 14.3 Å². The minimum absolute atomic E-state index is 0.107. The average Bonchev–Trinajstić information content (AvgIpc) is 3.58. The van der Waals surface area contributed by atoms with Crippen LogP contribution in [0.3, 0.4) is 0 Å². The number of benzene rings is 1. The molecule has 4 fully saturated rings. The van der Waals surface area contributed by atoms with Crippen LogP contribution >= 0.6 is 0 Å². The van der Waals surface area contributed by atoms with Gasteiger partial charge < -0.3 is 10.4 Å². The predicted molar refractivity (Wildman–Crippen MR) is 129 cm³/mol. The van der Waals surface area contributed by atoms with Gasteiger partial charge in [-0.3, -0.25) is 9.69 Å². The second kappa shape index (κ2) is 9.65. The highest BCUT2D eigenvalue weighted by Crippen LogP contribution is 2.47. The van der Waals surface area contributed by atoms with E-state index in [1.165, 1.54) is 44.1 Å². The Morgan fingerprint density at radius 2 is 1.73 bits per heavy atom. The van der Waals surface area contributed by atoms with E-state index in [-0.39, 0.29) is 23.2 Å². The molecule has 2 atom stereocenters. The summed E-state index contributed by atoms with van der Waals surface area (Å²) in [5.74, 6) is 0.972. The van der Waals surface area contributed by atoms with E-state index in [1.54, 1.807) is 12.1 Å². The molecule has 0 radical (unpaired) electrons. The Labute approximate surface area is 198 Å². The van der Waals surface area contributed by atoms with E-state index < -0.39 is 5.97 Å². The summed E-state index contributed by atoms with van der Waals surface area (Å²) in [6, 6.07) is 7.75. The van der Waals surface area contributed by atoms with Crippen molar-refractivity contribution in [3.63, 3.8) is 0 Å². The van der Waals surface area contributed by atoms with Gasteiger partial charge in [0.1, 0.15) is 5.82 Å². The molecule has 0 amide bonds. The van der Waals surface area contributed by atoms with Gasteiger partial charge in [0, 0.05) is 18.1 Å². The van der Waals surface area contributed by atoms with E-state index >= 15 is 0 Å². The Hall–Kier alpha value is -1.46. The van der Waals surface area contributed by atoms with Crippen molar-refractivity contribution in [2.75, 3.05) is 19.6 Å². The first kappa shape index (κ1) is 23.3. The van der Waals surface area contributed by atoms with Crippen LogP contribution in [0, 0.1) is 23.1 Å². The number of likely N-dealkylation sites (tertiary alicyclic amines) is 1. The van der Waals surface area contributed by atoms with E-state index in [4.69, 9.17) is 0 Å². The van der Waals surface area contributed by atoms with Crippen LogP contribution in [0.1, 0.15) is 82.6 Å². The lowest BCUT2D eigenvalue weighted by Gasteiger charge is -2.54. The number of hydrogen-bond donors (Lipinski definition) is 2. The summed E-state index contributed by atoms with van der Waals surface area (Å²) in [4.78, 5) is 14.0. The Bertz CT molecular complexity index is 808. The van der Waals surface area contributed by atoms with Gasteiger partial charge in [0.2, 0.25) is 0 Å². The fourth-order valence-electron chi connectivity index (χ4n) is 7.26. The van der Waals surface area contributed by atoms with E-state index in [1.807, 2.05) is 12.1 Å². The van der Waals surface area contributed by atoms with Crippen LogP contribution < -0.4 is 5.32 Å². The summed E-state index contributed by atoms with van der Waals surface area (Å²) in [5, 5.41) is 13.5. The highest BCUT2D eigenvalue weighted by atomic mass is 19.1. The van der Waals surface area contributed by atoms with Crippen molar-refractivity contribution in [2.24, 2.45) is 17.3 Å². The van der Waals surface area contributed by atoms with Crippen LogP contribution in [0.5, 0.6) is 0 Å². The number of nitrogens with one attached hydrogen (secondary N) is 1. The van der Waals surface area contributed by atoms with E-state index in [0.717, 1.165) is 70.0 Å². The molecule has 3 saturated carbocycles. The SMILES string of the molecule is O=C(O)CC1(N2CCC(CN[C@@H]3CC3C3CCCCC3)(Cc3ccc(F)cc3)CC2)CCC1. The topological polar surface area (TPSA) is 52.6 Å². The van der Waals surface area contributed by atoms with Crippen LogP contribution in [-0.4, -0.2) is 47.2 Å². The Morgan fingerprint density at radius 3 is 2.33 bits per heavy atom. The number of piperidine rings is 1. The maximum Gasteiger partial charge on any atom is 0.305 e. The van der Waals surface area contributed by atoms with Crippen LogP contribution in [-0.2, 0) is 11.2 Å². The number of halogens is 1. The third-order valence-corrected chi connectivity index (χ3v) is 9.59. The molecule has 3 aliphatic carbocycles. The fourth-order valence-corrected chi connectivity index (χ4v) is 7.26.